The zero-order chi connectivity index (χ0) is 19.5. The van der Waals surface area contributed by atoms with E-state index in [4.69, 9.17) is 0 Å². The molecule has 1 aromatic carbocycles. The Labute approximate surface area is 162 Å². The summed E-state index contributed by atoms with van der Waals surface area (Å²) in [5, 5.41) is 12.2. The summed E-state index contributed by atoms with van der Waals surface area (Å²) < 4.78 is 15.2. The fraction of sp³-hybridized carbons (Fsp3) is 0.421. The third-order valence-corrected chi connectivity index (χ3v) is 5.06. The van der Waals surface area contributed by atoms with Crippen LogP contribution < -0.4 is 0 Å². The molecule has 1 aliphatic heterocycles. The lowest BCUT2D eigenvalue weighted by molar-refractivity contribution is -0.133. The standard InChI is InChI=1S/C19H22FN7O/c1-2-25-11-9-21-19(25)15-4-3-10-26(12-15)17(28)13-27-23-18(22-24-27)14-5-7-16(20)8-6-14/h5-9,11,15H,2-4,10,12-13H2,1H3. The third-order valence-electron chi connectivity index (χ3n) is 5.06. The number of carbonyl (C=O) groups excluding carboxylic acids is 1. The van der Waals surface area contributed by atoms with E-state index in [0.717, 1.165) is 31.8 Å². The van der Waals surface area contributed by atoms with Crippen molar-refractivity contribution in [1.82, 2.24) is 34.7 Å². The number of rotatable bonds is 5. The highest BCUT2D eigenvalue weighted by molar-refractivity contribution is 5.76. The molecule has 1 atom stereocenters. The number of aryl methyl sites for hydroxylation is 1. The summed E-state index contributed by atoms with van der Waals surface area (Å²) >= 11 is 0. The fourth-order valence-electron chi connectivity index (χ4n) is 3.61. The lowest BCUT2D eigenvalue weighted by Crippen LogP contribution is -2.41. The molecule has 4 rings (SSSR count). The maximum atomic E-state index is 13.0. The molecule has 0 bridgehead atoms. The maximum Gasteiger partial charge on any atom is 0.246 e. The van der Waals surface area contributed by atoms with Crippen LogP contribution in [0.3, 0.4) is 0 Å². The van der Waals surface area contributed by atoms with Crippen LogP contribution in [-0.2, 0) is 17.9 Å². The third kappa shape index (κ3) is 3.78. The van der Waals surface area contributed by atoms with E-state index in [2.05, 4.69) is 31.9 Å². The summed E-state index contributed by atoms with van der Waals surface area (Å²) in [6, 6.07) is 5.86. The van der Waals surface area contributed by atoms with Crippen molar-refractivity contribution in [2.24, 2.45) is 0 Å². The quantitative estimate of drug-likeness (QED) is 0.674. The molecule has 2 aromatic heterocycles. The molecular formula is C19H22FN7O. The Morgan fingerprint density at radius 1 is 1.29 bits per heavy atom. The highest BCUT2D eigenvalue weighted by Crippen LogP contribution is 2.26. The summed E-state index contributed by atoms with van der Waals surface area (Å²) in [5.74, 6) is 1.29. The van der Waals surface area contributed by atoms with Gasteiger partial charge in [-0.3, -0.25) is 4.79 Å². The van der Waals surface area contributed by atoms with Crippen LogP contribution in [-0.4, -0.2) is 53.7 Å². The summed E-state index contributed by atoms with van der Waals surface area (Å²) in [5.41, 5.74) is 0.657. The van der Waals surface area contributed by atoms with Crippen LogP contribution in [0.5, 0.6) is 0 Å². The van der Waals surface area contributed by atoms with E-state index in [1.807, 2.05) is 17.3 Å². The molecule has 9 heteroatoms. The van der Waals surface area contributed by atoms with Gasteiger partial charge in [0.1, 0.15) is 18.2 Å². The van der Waals surface area contributed by atoms with E-state index < -0.39 is 0 Å². The molecule has 1 amide bonds. The Bertz CT molecular complexity index is 949. The summed E-state index contributed by atoms with van der Waals surface area (Å²) in [6.07, 6.45) is 5.76. The van der Waals surface area contributed by atoms with E-state index in [-0.39, 0.29) is 24.2 Å². The van der Waals surface area contributed by atoms with Crippen molar-refractivity contribution in [3.63, 3.8) is 0 Å². The predicted octanol–water partition coefficient (Wildman–Crippen LogP) is 2.10. The minimum absolute atomic E-state index is 0.0309. The van der Waals surface area contributed by atoms with E-state index in [0.29, 0.717) is 17.9 Å². The lowest BCUT2D eigenvalue weighted by Gasteiger charge is -2.32. The van der Waals surface area contributed by atoms with Crippen molar-refractivity contribution < 1.29 is 9.18 Å². The SMILES string of the molecule is CCn1ccnc1C1CCCN(C(=O)Cn2nnc(-c3ccc(F)cc3)n2)C1. The second-order valence-corrected chi connectivity index (χ2v) is 6.90. The highest BCUT2D eigenvalue weighted by atomic mass is 19.1. The minimum atomic E-state index is -0.324. The molecule has 0 spiro atoms. The van der Waals surface area contributed by atoms with E-state index in [1.54, 1.807) is 12.1 Å². The molecule has 0 saturated carbocycles. The number of tetrazole rings is 1. The monoisotopic (exact) mass is 383 g/mol. The molecule has 0 radical (unpaired) electrons. The lowest BCUT2D eigenvalue weighted by atomic mass is 9.97. The van der Waals surface area contributed by atoms with Crippen LogP contribution in [0, 0.1) is 5.82 Å². The van der Waals surface area contributed by atoms with Gasteiger partial charge >= 0.3 is 0 Å². The number of hydrogen-bond donors (Lipinski definition) is 0. The van der Waals surface area contributed by atoms with Crippen molar-refractivity contribution in [2.45, 2.75) is 38.8 Å². The number of hydrogen-bond acceptors (Lipinski definition) is 5. The number of aromatic nitrogens is 6. The fourth-order valence-corrected chi connectivity index (χ4v) is 3.61. The van der Waals surface area contributed by atoms with Crippen molar-refractivity contribution in [2.75, 3.05) is 13.1 Å². The van der Waals surface area contributed by atoms with Crippen LogP contribution in [0.25, 0.3) is 11.4 Å². The molecule has 146 valence electrons. The van der Waals surface area contributed by atoms with Crippen molar-refractivity contribution >= 4 is 5.91 Å². The average molecular weight is 383 g/mol. The van der Waals surface area contributed by atoms with Crippen LogP contribution in [0.15, 0.2) is 36.7 Å². The predicted molar refractivity (Wildman–Crippen MR) is 99.7 cm³/mol. The Morgan fingerprint density at radius 3 is 2.89 bits per heavy atom. The van der Waals surface area contributed by atoms with Gasteiger partial charge in [0.15, 0.2) is 0 Å². The number of amides is 1. The molecule has 1 aliphatic rings. The number of nitrogens with zero attached hydrogens (tertiary/aromatic N) is 7. The Balaban J connectivity index is 1.41. The number of benzene rings is 1. The first-order chi connectivity index (χ1) is 13.6. The zero-order valence-corrected chi connectivity index (χ0v) is 15.7. The van der Waals surface area contributed by atoms with Gasteiger partial charge in [-0.2, -0.15) is 4.80 Å². The van der Waals surface area contributed by atoms with Gasteiger partial charge in [-0.15, -0.1) is 10.2 Å². The Morgan fingerprint density at radius 2 is 2.11 bits per heavy atom. The number of imidazole rings is 1. The normalized spacial score (nSPS) is 17.1. The van der Waals surface area contributed by atoms with Gasteiger partial charge in [0, 0.05) is 43.5 Å². The molecule has 0 N–H and O–H groups in total. The molecular weight excluding hydrogens is 361 g/mol. The average Bonchev–Trinajstić information content (AvgIpc) is 3.38. The van der Waals surface area contributed by atoms with Gasteiger partial charge in [-0.1, -0.05) is 0 Å². The Hall–Kier alpha value is -3.10. The first-order valence-electron chi connectivity index (χ1n) is 9.46. The summed E-state index contributed by atoms with van der Waals surface area (Å²) in [6.45, 7) is 4.36. The smallest absolute Gasteiger partial charge is 0.246 e. The topological polar surface area (TPSA) is 81.7 Å². The number of piperidine rings is 1. The minimum Gasteiger partial charge on any atom is -0.340 e. The van der Waals surface area contributed by atoms with Crippen LogP contribution in [0.1, 0.15) is 31.5 Å². The molecule has 8 nitrogen and oxygen atoms in total. The second-order valence-electron chi connectivity index (χ2n) is 6.90. The van der Waals surface area contributed by atoms with Crippen molar-refractivity contribution in [3.8, 4) is 11.4 Å². The van der Waals surface area contributed by atoms with E-state index in [1.165, 1.54) is 16.9 Å². The second kappa shape index (κ2) is 7.87. The molecule has 1 saturated heterocycles. The molecule has 28 heavy (non-hydrogen) atoms. The molecule has 0 aliphatic carbocycles. The highest BCUT2D eigenvalue weighted by Gasteiger charge is 2.27. The van der Waals surface area contributed by atoms with E-state index in [9.17, 15) is 9.18 Å². The van der Waals surface area contributed by atoms with Crippen LogP contribution in [0.4, 0.5) is 4.39 Å². The molecule has 1 unspecified atom stereocenters. The first kappa shape index (κ1) is 18.3. The van der Waals surface area contributed by atoms with Gasteiger partial charge in [-0.05, 0) is 49.2 Å². The zero-order valence-electron chi connectivity index (χ0n) is 15.7. The summed E-state index contributed by atoms with van der Waals surface area (Å²) in [4.78, 5) is 20.4. The maximum absolute atomic E-state index is 13.0. The number of carbonyl (C=O) groups is 1. The van der Waals surface area contributed by atoms with Gasteiger partial charge in [-0.25, -0.2) is 9.37 Å². The van der Waals surface area contributed by atoms with Gasteiger partial charge in [0.2, 0.25) is 11.7 Å². The van der Waals surface area contributed by atoms with E-state index >= 15 is 0 Å². The largest absolute Gasteiger partial charge is 0.340 e. The summed E-state index contributed by atoms with van der Waals surface area (Å²) in [7, 11) is 0. The van der Waals surface area contributed by atoms with Crippen LogP contribution >= 0.6 is 0 Å². The van der Waals surface area contributed by atoms with Crippen LogP contribution in [0.2, 0.25) is 0 Å². The van der Waals surface area contributed by atoms with Gasteiger partial charge < -0.3 is 9.47 Å². The van der Waals surface area contributed by atoms with Crippen molar-refractivity contribution in [1.29, 1.82) is 0 Å². The van der Waals surface area contributed by atoms with Gasteiger partial charge in [0.25, 0.3) is 0 Å². The number of halogens is 1. The number of likely N-dealkylation sites (tertiary alicyclic amines) is 1. The van der Waals surface area contributed by atoms with Gasteiger partial charge in [0.05, 0.1) is 0 Å². The first-order valence-corrected chi connectivity index (χ1v) is 9.46. The molecule has 3 heterocycles. The molecule has 1 fully saturated rings. The van der Waals surface area contributed by atoms with Crippen molar-refractivity contribution in [3.05, 3.63) is 48.3 Å². The molecule has 3 aromatic rings. The Kier molecular flexibility index (Phi) is 5.14.